The number of methoxy groups -OCH3 is 1. The summed E-state index contributed by atoms with van der Waals surface area (Å²) < 4.78 is 12.6. The number of unbranched alkanes of at least 4 members (excludes halogenated alkanes) is 1. The first-order valence-corrected chi connectivity index (χ1v) is 8.07. The number of pyridine rings is 1. The zero-order valence-electron chi connectivity index (χ0n) is 13.4. The molecule has 1 aliphatic rings. The third-order valence-electron chi connectivity index (χ3n) is 3.91. The molecule has 0 radical (unpaired) electrons. The van der Waals surface area contributed by atoms with Crippen LogP contribution in [0, 0.1) is 0 Å². The highest BCUT2D eigenvalue weighted by atomic mass is 16.5. The van der Waals surface area contributed by atoms with Crippen LogP contribution in [0.5, 0.6) is 5.75 Å². The Hall–Kier alpha value is -1.99. The first kappa shape index (κ1) is 15.9. The maximum absolute atomic E-state index is 5.77. The molecule has 0 saturated carbocycles. The Labute approximate surface area is 136 Å². The Morgan fingerprint density at radius 3 is 3.04 bits per heavy atom. The van der Waals surface area contributed by atoms with Crippen molar-refractivity contribution in [1.29, 1.82) is 0 Å². The zero-order chi connectivity index (χ0) is 15.9. The van der Waals surface area contributed by atoms with Crippen LogP contribution in [0.4, 0.5) is 0 Å². The van der Waals surface area contributed by atoms with E-state index in [2.05, 4.69) is 20.6 Å². The highest BCUT2D eigenvalue weighted by Crippen LogP contribution is 2.16. The average Bonchev–Trinajstić information content (AvgIpc) is 2.99. The molecule has 1 fully saturated rings. The van der Waals surface area contributed by atoms with Gasteiger partial charge in [0.25, 0.3) is 0 Å². The van der Waals surface area contributed by atoms with Crippen molar-refractivity contribution < 1.29 is 9.47 Å². The van der Waals surface area contributed by atoms with Crippen LogP contribution in [-0.4, -0.2) is 52.9 Å². The smallest absolute Gasteiger partial charge is 0.139 e. The molecule has 7 nitrogen and oxygen atoms in total. The molecule has 7 heteroatoms. The van der Waals surface area contributed by atoms with Crippen LogP contribution in [0.3, 0.4) is 0 Å². The Kier molecular flexibility index (Phi) is 5.55. The maximum atomic E-state index is 5.77. The Morgan fingerprint density at radius 2 is 2.26 bits per heavy atom. The summed E-state index contributed by atoms with van der Waals surface area (Å²) in [6.45, 7) is 2.54. The third kappa shape index (κ3) is 4.49. The predicted octanol–water partition coefficient (Wildman–Crippen LogP) is 1.37. The van der Waals surface area contributed by atoms with Crippen molar-refractivity contribution in [2.45, 2.75) is 31.7 Å². The summed E-state index contributed by atoms with van der Waals surface area (Å²) in [5, 5.41) is 11.7. The number of nitrogens with one attached hydrogen (secondary N) is 1. The molecule has 1 saturated heterocycles. The number of nitrogens with zero attached hydrogens (tertiary/aromatic N) is 4. The normalized spacial score (nSPS) is 17.0. The van der Waals surface area contributed by atoms with Crippen molar-refractivity contribution in [3.8, 4) is 11.4 Å². The molecule has 23 heavy (non-hydrogen) atoms. The number of ether oxygens (including phenoxy) is 2. The average molecular weight is 317 g/mol. The molecule has 1 aliphatic heterocycles. The summed E-state index contributed by atoms with van der Waals surface area (Å²) >= 11 is 0. The lowest BCUT2D eigenvalue weighted by molar-refractivity contribution is 0.193. The molecule has 2 aromatic rings. The van der Waals surface area contributed by atoms with Gasteiger partial charge >= 0.3 is 0 Å². The van der Waals surface area contributed by atoms with Gasteiger partial charge in [-0.25, -0.2) is 4.68 Å². The molecule has 1 atom stereocenters. The van der Waals surface area contributed by atoms with Crippen LogP contribution in [-0.2, 0) is 11.2 Å². The van der Waals surface area contributed by atoms with Crippen molar-refractivity contribution in [3.05, 3.63) is 30.4 Å². The maximum Gasteiger partial charge on any atom is 0.139 e. The fourth-order valence-corrected chi connectivity index (χ4v) is 2.39. The van der Waals surface area contributed by atoms with Gasteiger partial charge in [0, 0.05) is 25.8 Å². The lowest BCUT2D eigenvalue weighted by Crippen LogP contribution is -2.46. The van der Waals surface area contributed by atoms with Crippen molar-refractivity contribution in [2.75, 3.05) is 26.9 Å². The van der Waals surface area contributed by atoms with E-state index in [4.69, 9.17) is 9.47 Å². The quantitative estimate of drug-likeness (QED) is 0.704. The highest BCUT2D eigenvalue weighted by Gasteiger charge is 2.16. The van der Waals surface area contributed by atoms with Crippen molar-refractivity contribution in [3.63, 3.8) is 0 Å². The second kappa shape index (κ2) is 8.03. The molecular weight excluding hydrogens is 294 g/mol. The molecule has 0 amide bonds. The second-order valence-electron chi connectivity index (χ2n) is 5.73. The fourth-order valence-electron chi connectivity index (χ4n) is 2.39. The molecule has 0 bridgehead atoms. The van der Waals surface area contributed by atoms with Crippen molar-refractivity contribution in [2.24, 2.45) is 0 Å². The van der Waals surface area contributed by atoms with Crippen LogP contribution in [0.1, 0.15) is 25.0 Å². The largest absolute Gasteiger partial charge is 0.490 e. The SMILES string of the molecule is COCCCCc1cn(-c2cncc(OC[C@@H]3CCN3)c2)nn1. The molecule has 124 valence electrons. The van der Waals surface area contributed by atoms with E-state index in [9.17, 15) is 0 Å². The van der Waals surface area contributed by atoms with E-state index in [1.807, 2.05) is 12.3 Å². The monoisotopic (exact) mass is 317 g/mol. The van der Waals surface area contributed by atoms with E-state index in [0.29, 0.717) is 12.6 Å². The summed E-state index contributed by atoms with van der Waals surface area (Å²) in [6, 6.07) is 2.40. The standard InChI is InChI=1S/C16H23N5O2/c1-22-7-3-2-4-13-11-21(20-19-13)15-8-16(10-17-9-15)23-12-14-5-6-18-14/h8-11,14,18H,2-7,12H2,1H3/t14-/m0/s1. The number of aryl methyl sites for hydroxylation is 1. The minimum atomic E-state index is 0.462. The minimum Gasteiger partial charge on any atom is -0.490 e. The summed E-state index contributed by atoms with van der Waals surface area (Å²) in [6.07, 6.45) is 9.58. The van der Waals surface area contributed by atoms with E-state index < -0.39 is 0 Å². The Morgan fingerprint density at radius 1 is 1.35 bits per heavy atom. The van der Waals surface area contributed by atoms with Gasteiger partial charge in [0.1, 0.15) is 12.4 Å². The molecule has 1 N–H and O–H groups in total. The lowest BCUT2D eigenvalue weighted by atomic mass is 10.1. The summed E-state index contributed by atoms with van der Waals surface area (Å²) in [5.41, 5.74) is 1.84. The fraction of sp³-hybridized carbons (Fsp3) is 0.562. The number of rotatable bonds is 9. The molecule has 0 aromatic carbocycles. The predicted molar refractivity (Wildman–Crippen MR) is 85.9 cm³/mol. The van der Waals surface area contributed by atoms with Crippen LogP contribution in [0.15, 0.2) is 24.7 Å². The van der Waals surface area contributed by atoms with E-state index in [1.54, 1.807) is 24.2 Å². The first-order valence-electron chi connectivity index (χ1n) is 8.07. The third-order valence-corrected chi connectivity index (χ3v) is 3.91. The second-order valence-corrected chi connectivity index (χ2v) is 5.73. The van der Waals surface area contributed by atoms with E-state index in [0.717, 1.165) is 49.5 Å². The van der Waals surface area contributed by atoms with Gasteiger partial charge in [-0.05, 0) is 32.2 Å². The van der Waals surface area contributed by atoms with E-state index >= 15 is 0 Å². The summed E-state index contributed by atoms with van der Waals surface area (Å²) in [5.74, 6) is 0.758. The molecular formula is C16H23N5O2. The Balaban J connectivity index is 1.56. The molecule has 0 aliphatic carbocycles. The Bertz CT molecular complexity index is 612. The van der Waals surface area contributed by atoms with Gasteiger partial charge in [-0.15, -0.1) is 5.10 Å². The van der Waals surface area contributed by atoms with Crippen LogP contribution in [0.25, 0.3) is 5.69 Å². The first-order chi connectivity index (χ1) is 11.3. The van der Waals surface area contributed by atoms with E-state index in [1.165, 1.54) is 6.42 Å². The van der Waals surface area contributed by atoms with Crippen LogP contribution < -0.4 is 10.1 Å². The van der Waals surface area contributed by atoms with Gasteiger partial charge in [-0.2, -0.15) is 0 Å². The molecule has 3 rings (SSSR count). The van der Waals surface area contributed by atoms with Crippen molar-refractivity contribution >= 4 is 0 Å². The van der Waals surface area contributed by atoms with Crippen molar-refractivity contribution in [1.82, 2.24) is 25.3 Å². The summed E-state index contributed by atoms with van der Waals surface area (Å²) in [4.78, 5) is 4.23. The number of hydrogen-bond acceptors (Lipinski definition) is 6. The summed E-state index contributed by atoms with van der Waals surface area (Å²) in [7, 11) is 1.72. The highest BCUT2D eigenvalue weighted by molar-refractivity contribution is 5.34. The number of aromatic nitrogens is 4. The van der Waals surface area contributed by atoms with Gasteiger partial charge < -0.3 is 14.8 Å². The van der Waals surface area contributed by atoms with Gasteiger partial charge in [-0.1, -0.05) is 5.21 Å². The van der Waals surface area contributed by atoms with Gasteiger partial charge in [0.05, 0.1) is 30.0 Å². The zero-order valence-corrected chi connectivity index (χ0v) is 13.4. The number of hydrogen-bond donors (Lipinski definition) is 1. The molecule has 3 heterocycles. The topological polar surface area (TPSA) is 74.1 Å². The van der Waals surface area contributed by atoms with Crippen LogP contribution >= 0.6 is 0 Å². The molecule has 0 spiro atoms. The van der Waals surface area contributed by atoms with Gasteiger partial charge in [-0.3, -0.25) is 4.98 Å². The van der Waals surface area contributed by atoms with Gasteiger partial charge in [0.15, 0.2) is 0 Å². The minimum absolute atomic E-state index is 0.462. The van der Waals surface area contributed by atoms with Gasteiger partial charge in [0.2, 0.25) is 0 Å². The molecule has 0 unspecified atom stereocenters. The molecule has 2 aromatic heterocycles. The lowest BCUT2D eigenvalue weighted by Gasteiger charge is -2.27. The van der Waals surface area contributed by atoms with E-state index in [-0.39, 0.29) is 0 Å². The van der Waals surface area contributed by atoms with Crippen LogP contribution in [0.2, 0.25) is 0 Å².